The summed E-state index contributed by atoms with van der Waals surface area (Å²) in [6.45, 7) is 0.580. The number of carbonyl (C=O) groups excluding carboxylic acids is 1. The third-order valence-electron chi connectivity index (χ3n) is 3.07. The lowest BCUT2D eigenvalue weighted by molar-refractivity contribution is 0.0929. The number of amides is 1. The summed E-state index contributed by atoms with van der Waals surface area (Å²) in [7, 11) is 0. The number of benzene rings is 1. The van der Waals surface area contributed by atoms with Gasteiger partial charge in [0.05, 0.1) is 5.56 Å². The monoisotopic (exact) mass is 366 g/mol. The molecule has 0 aliphatic heterocycles. The van der Waals surface area contributed by atoms with E-state index >= 15 is 0 Å². The Morgan fingerprint density at radius 3 is 2.59 bits per heavy atom. The van der Waals surface area contributed by atoms with Gasteiger partial charge >= 0.3 is 0 Å². The van der Waals surface area contributed by atoms with E-state index in [1.807, 2.05) is 24.3 Å². The molecule has 0 bridgehead atoms. The third-order valence-corrected chi connectivity index (χ3v) is 4.01. The van der Waals surface area contributed by atoms with Crippen molar-refractivity contribution in [3.8, 4) is 0 Å². The van der Waals surface area contributed by atoms with E-state index in [0.29, 0.717) is 6.54 Å². The highest BCUT2D eigenvalue weighted by atomic mass is 127. The third kappa shape index (κ3) is 3.56. The summed E-state index contributed by atoms with van der Waals surface area (Å²) in [5, 5.41) is 2.91. The molecule has 0 aromatic heterocycles. The molecule has 1 saturated carbocycles. The van der Waals surface area contributed by atoms with Crippen LogP contribution in [0.25, 0.3) is 0 Å². The molecule has 94 valence electrons. The fraction of sp³-hybridized carbons (Fsp3) is 0.417. The molecule has 1 aliphatic carbocycles. The maximum atomic E-state index is 11.9. The van der Waals surface area contributed by atoms with Crippen LogP contribution in [-0.4, -0.2) is 18.0 Å². The van der Waals surface area contributed by atoms with Crippen molar-refractivity contribution in [3.63, 3.8) is 0 Å². The van der Waals surface area contributed by atoms with Gasteiger partial charge in [-0.2, -0.15) is 0 Å². The molecule has 2 rings (SSSR count). The molecule has 3 N–H and O–H groups in total. The van der Waals surface area contributed by atoms with Gasteiger partial charge in [-0.1, -0.05) is 12.1 Å². The highest BCUT2D eigenvalue weighted by molar-refractivity contribution is 14.1. The van der Waals surface area contributed by atoms with Gasteiger partial charge in [-0.3, -0.25) is 4.79 Å². The highest BCUT2D eigenvalue weighted by Crippen LogP contribution is 2.28. The number of carbonyl (C=O) groups is 1. The Hall–Kier alpha value is -0.330. The zero-order chi connectivity index (χ0) is 11.6. The van der Waals surface area contributed by atoms with Crippen molar-refractivity contribution in [3.05, 3.63) is 33.4 Å². The fourth-order valence-corrected chi connectivity index (χ4v) is 2.44. The molecular formula is C12H16ClIN2O. The second-order valence-electron chi connectivity index (χ2n) is 4.38. The molecule has 1 aliphatic rings. The van der Waals surface area contributed by atoms with Crippen LogP contribution in [0.2, 0.25) is 0 Å². The molecule has 0 saturated heterocycles. The Bertz CT molecular complexity index is 407. The summed E-state index contributed by atoms with van der Waals surface area (Å²) >= 11 is 2.17. The Labute approximate surface area is 121 Å². The van der Waals surface area contributed by atoms with Crippen LogP contribution >= 0.6 is 35.0 Å². The average molecular weight is 367 g/mol. The van der Waals surface area contributed by atoms with Gasteiger partial charge in [0, 0.05) is 15.7 Å². The number of halogens is 2. The van der Waals surface area contributed by atoms with Crippen LogP contribution in [0.3, 0.4) is 0 Å². The van der Waals surface area contributed by atoms with Crippen molar-refractivity contribution in [1.82, 2.24) is 5.32 Å². The Balaban J connectivity index is 0.00000144. The number of hydrogen-bond acceptors (Lipinski definition) is 2. The fourth-order valence-electron chi connectivity index (χ4n) is 1.80. The Kier molecular flexibility index (Phi) is 5.22. The molecule has 1 fully saturated rings. The number of nitrogens with two attached hydrogens (primary N) is 1. The smallest absolute Gasteiger partial charge is 0.252 e. The Morgan fingerprint density at radius 1 is 1.41 bits per heavy atom. The summed E-state index contributed by atoms with van der Waals surface area (Å²) in [5.74, 6) is -0.0262. The van der Waals surface area contributed by atoms with Crippen molar-refractivity contribution >= 4 is 40.9 Å². The van der Waals surface area contributed by atoms with Crippen LogP contribution in [-0.2, 0) is 0 Å². The van der Waals surface area contributed by atoms with Crippen LogP contribution in [0, 0.1) is 3.57 Å². The molecule has 1 aromatic rings. The first-order chi connectivity index (χ1) is 7.61. The zero-order valence-electron chi connectivity index (χ0n) is 9.41. The minimum Gasteiger partial charge on any atom is -0.350 e. The lowest BCUT2D eigenvalue weighted by Gasteiger charge is -2.38. The summed E-state index contributed by atoms with van der Waals surface area (Å²) in [6, 6.07) is 7.56. The largest absolute Gasteiger partial charge is 0.350 e. The van der Waals surface area contributed by atoms with Gasteiger partial charge in [-0.05, 0) is 54.0 Å². The first kappa shape index (κ1) is 14.7. The lowest BCUT2D eigenvalue weighted by Crippen LogP contribution is -2.55. The second kappa shape index (κ2) is 6.02. The quantitative estimate of drug-likeness (QED) is 0.807. The van der Waals surface area contributed by atoms with Crippen molar-refractivity contribution in [2.45, 2.75) is 24.8 Å². The van der Waals surface area contributed by atoms with Gasteiger partial charge in [0.25, 0.3) is 5.91 Å². The van der Waals surface area contributed by atoms with Gasteiger partial charge in [0.2, 0.25) is 0 Å². The average Bonchev–Trinajstić information content (AvgIpc) is 2.24. The van der Waals surface area contributed by atoms with E-state index in [0.717, 1.165) is 22.0 Å². The molecule has 0 unspecified atom stereocenters. The zero-order valence-corrected chi connectivity index (χ0v) is 12.4. The molecule has 3 nitrogen and oxygen atoms in total. The van der Waals surface area contributed by atoms with E-state index in [2.05, 4.69) is 27.9 Å². The molecule has 17 heavy (non-hydrogen) atoms. The minimum absolute atomic E-state index is 0. The second-order valence-corrected chi connectivity index (χ2v) is 5.54. The van der Waals surface area contributed by atoms with Crippen LogP contribution in [0.5, 0.6) is 0 Å². The molecular weight excluding hydrogens is 351 g/mol. The van der Waals surface area contributed by atoms with E-state index in [4.69, 9.17) is 5.73 Å². The molecule has 0 atom stereocenters. The number of rotatable bonds is 3. The van der Waals surface area contributed by atoms with E-state index in [-0.39, 0.29) is 23.9 Å². The molecule has 0 radical (unpaired) electrons. The minimum atomic E-state index is -0.157. The van der Waals surface area contributed by atoms with E-state index in [1.165, 1.54) is 6.42 Å². The standard InChI is InChI=1S/C12H15IN2O.ClH/c13-10-5-2-1-4-9(10)11(16)15-8-12(14)6-3-7-12;/h1-2,4-5H,3,6-8,14H2,(H,15,16);1H. The van der Waals surface area contributed by atoms with Gasteiger partial charge in [0.15, 0.2) is 0 Å². The molecule has 5 heteroatoms. The van der Waals surface area contributed by atoms with Crippen LogP contribution in [0.4, 0.5) is 0 Å². The van der Waals surface area contributed by atoms with E-state index < -0.39 is 0 Å². The summed E-state index contributed by atoms with van der Waals surface area (Å²) in [4.78, 5) is 11.9. The van der Waals surface area contributed by atoms with Crippen LogP contribution in [0.15, 0.2) is 24.3 Å². The first-order valence-corrected chi connectivity index (χ1v) is 6.50. The maximum Gasteiger partial charge on any atom is 0.252 e. The summed E-state index contributed by atoms with van der Waals surface area (Å²) in [5.41, 5.74) is 6.62. The van der Waals surface area contributed by atoms with E-state index in [1.54, 1.807) is 0 Å². The number of hydrogen-bond donors (Lipinski definition) is 2. The Morgan fingerprint density at radius 2 is 2.06 bits per heavy atom. The van der Waals surface area contributed by atoms with Crippen LogP contribution < -0.4 is 11.1 Å². The SMILES string of the molecule is Cl.NC1(CNC(=O)c2ccccc2I)CCC1. The van der Waals surface area contributed by atoms with Gasteiger partial charge < -0.3 is 11.1 Å². The van der Waals surface area contributed by atoms with Gasteiger partial charge in [0.1, 0.15) is 0 Å². The topological polar surface area (TPSA) is 55.1 Å². The van der Waals surface area contributed by atoms with Crippen molar-refractivity contribution < 1.29 is 4.79 Å². The maximum absolute atomic E-state index is 11.9. The first-order valence-electron chi connectivity index (χ1n) is 5.42. The van der Waals surface area contributed by atoms with Crippen molar-refractivity contribution in [1.29, 1.82) is 0 Å². The highest BCUT2D eigenvalue weighted by Gasteiger charge is 2.32. The predicted molar refractivity (Wildman–Crippen MR) is 79.5 cm³/mol. The van der Waals surface area contributed by atoms with Crippen molar-refractivity contribution in [2.75, 3.05) is 6.54 Å². The van der Waals surface area contributed by atoms with Crippen molar-refractivity contribution in [2.24, 2.45) is 5.73 Å². The van der Waals surface area contributed by atoms with Crippen LogP contribution in [0.1, 0.15) is 29.6 Å². The molecule has 1 amide bonds. The summed E-state index contributed by atoms with van der Waals surface area (Å²) in [6.07, 6.45) is 3.20. The van der Waals surface area contributed by atoms with E-state index in [9.17, 15) is 4.79 Å². The lowest BCUT2D eigenvalue weighted by atomic mass is 9.78. The van der Waals surface area contributed by atoms with Gasteiger partial charge in [-0.25, -0.2) is 0 Å². The number of nitrogens with one attached hydrogen (secondary N) is 1. The predicted octanol–water partition coefficient (Wildman–Crippen LogP) is 2.32. The summed E-state index contributed by atoms with van der Waals surface area (Å²) < 4.78 is 0.970. The molecule has 0 heterocycles. The molecule has 1 aromatic carbocycles. The molecule has 0 spiro atoms. The normalized spacial score (nSPS) is 16.6. The van der Waals surface area contributed by atoms with Gasteiger partial charge in [-0.15, -0.1) is 12.4 Å².